The molecule has 1 aliphatic carbocycles. The van der Waals surface area contributed by atoms with Gasteiger partial charge < -0.3 is 14.7 Å². The molecule has 5 heteroatoms. The first-order valence-corrected chi connectivity index (χ1v) is 7.36. The second-order valence-electron chi connectivity index (χ2n) is 5.59. The van der Waals surface area contributed by atoms with Gasteiger partial charge in [-0.25, -0.2) is 0 Å². The molecule has 20 heavy (non-hydrogen) atoms. The Hall–Kier alpha value is -1.26. The van der Waals surface area contributed by atoms with Crippen LogP contribution in [0.3, 0.4) is 0 Å². The van der Waals surface area contributed by atoms with Crippen LogP contribution < -0.4 is 4.74 Å². The summed E-state index contributed by atoms with van der Waals surface area (Å²) < 4.78 is 5.47. The highest BCUT2D eigenvalue weighted by molar-refractivity contribution is 6.32. The third kappa shape index (κ3) is 2.63. The second-order valence-corrected chi connectivity index (χ2v) is 5.99. The van der Waals surface area contributed by atoms with Crippen LogP contribution in [-0.4, -0.2) is 41.7 Å². The Kier molecular flexibility index (Phi) is 3.85. The summed E-state index contributed by atoms with van der Waals surface area (Å²) in [4.78, 5) is 13.9. The smallest absolute Gasteiger partial charge is 0.260 e. The minimum Gasteiger partial charge on any atom is -0.482 e. The van der Waals surface area contributed by atoms with Gasteiger partial charge in [0.2, 0.25) is 0 Å². The third-order valence-corrected chi connectivity index (χ3v) is 4.67. The van der Waals surface area contributed by atoms with Crippen LogP contribution in [-0.2, 0) is 4.79 Å². The fourth-order valence-corrected chi connectivity index (χ4v) is 3.42. The number of rotatable bonds is 3. The van der Waals surface area contributed by atoms with Crippen molar-refractivity contribution in [1.29, 1.82) is 0 Å². The summed E-state index contributed by atoms with van der Waals surface area (Å²) in [6.45, 7) is 1.39. The predicted octanol–water partition coefficient (Wildman–Crippen LogP) is 1.95. The number of hydrogen-bond acceptors (Lipinski definition) is 3. The number of hydrogen-bond donors (Lipinski definition) is 1. The number of likely N-dealkylation sites (tertiary alicyclic amines) is 1. The van der Waals surface area contributed by atoms with E-state index in [4.69, 9.17) is 16.3 Å². The van der Waals surface area contributed by atoms with Gasteiger partial charge in [-0.1, -0.05) is 23.7 Å². The molecule has 2 aliphatic rings. The van der Waals surface area contributed by atoms with E-state index in [1.807, 2.05) is 12.1 Å². The summed E-state index contributed by atoms with van der Waals surface area (Å²) in [5.41, 5.74) is 0. The Bertz CT molecular complexity index is 508. The molecule has 1 amide bonds. The molecule has 108 valence electrons. The van der Waals surface area contributed by atoms with Crippen molar-refractivity contribution in [3.05, 3.63) is 29.3 Å². The average molecular weight is 296 g/mol. The zero-order valence-electron chi connectivity index (χ0n) is 11.2. The number of aliphatic hydroxyl groups excluding tert-OH is 1. The highest BCUT2D eigenvalue weighted by Gasteiger charge is 2.43. The molecule has 1 heterocycles. The molecular formula is C15H18ClNO3. The largest absolute Gasteiger partial charge is 0.482 e. The molecule has 0 spiro atoms. The fourth-order valence-electron chi connectivity index (χ4n) is 3.23. The van der Waals surface area contributed by atoms with Gasteiger partial charge in [0, 0.05) is 19.0 Å². The zero-order valence-corrected chi connectivity index (χ0v) is 11.9. The average Bonchev–Trinajstić information content (AvgIpc) is 3.00. The van der Waals surface area contributed by atoms with Crippen molar-refractivity contribution in [3.63, 3.8) is 0 Å². The number of fused-ring (bicyclic) bond motifs is 1. The lowest BCUT2D eigenvalue weighted by Gasteiger charge is -2.18. The number of amides is 1. The summed E-state index contributed by atoms with van der Waals surface area (Å²) in [5, 5.41) is 10.4. The molecule has 2 fully saturated rings. The van der Waals surface area contributed by atoms with E-state index >= 15 is 0 Å². The molecule has 1 aromatic carbocycles. The molecule has 4 nitrogen and oxygen atoms in total. The number of para-hydroxylation sites is 1. The van der Waals surface area contributed by atoms with E-state index in [0.717, 1.165) is 19.4 Å². The molecule has 1 aromatic rings. The van der Waals surface area contributed by atoms with Gasteiger partial charge in [-0.3, -0.25) is 4.79 Å². The monoisotopic (exact) mass is 295 g/mol. The van der Waals surface area contributed by atoms with E-state index in [1.165, 1.54) is 0 Å². The Labute approximate surface area is 123 Å². The van der Waals surface area contributed by atoms with Crippen LogP contribution in [0.25, 0.3) is 0 Å². The van der Waals surface area contributed by atoms with E-state index in [1.54, 1.807) is 17.0 Å². The number of ether oxygens (including phenoxy) is 1. The maximum Gasteiger partial charge on any atom is 0.260 e. The fraction of sp³-hybridized carbons (Fsp3) is 0.533. The molecule has 3 rings (SSSR count). The minimum atomic E-state index is -0.248. The normalized spacial score (nSPS) is 28.5. The Morgan fingerprint density at radius 1 is 1.35 bits per heavy atom. The number of nitrogens with zero attached hydrogens (tertiary/aromatic N) is 1. The van der Waals surface area contributed by atoms with Gasteiger partial charge in [-0.05, 0) is 30.9 Å². The first-order valence-electron chi connectivity index (χ1n) is 6.98. The summed E-state index contributed by atoms with van der Waals surface area (Å²) in [6.07, 6.45) is 1.64. The van der Waals surface area contributed by atoms with Gasteiger partial charge in [0.05, 0.1) is 11.1 Å². The molecule has 0 radical (unpaired) electrons. The maximum atomic E-state index is 12.1. The van der Waals surface area contributed by atoms with E-state index in [9.17, 15) is 9.90 Å². The van der Waals surface area contributed by atoms with Crippen LogP contribution in [0.2, 0.25) is 5.02 Å². The van der Waals surface area contributed by atoms with Gasteiger partial charge in [0.25, 0.3) is 5.91 Å². The van der Waals surface area contributed by atoms with Crippen molar-refractivity contribution in [1.82, 2.24) is 4.90 Å². The number of carbonyl (C=O) groups excluding carboxylic acids is 1. The van der Waals surface area contributed by atoms with Gasteiger partial charge in [0.15, 0.2) is 6.61 Å². The lowest BCUT2D eigenvalue weighted by atomic mass is 10.00. The first kappa shape index (κ1) is 13.7. The standard InChI is InChI=1S/C15H18ClNO3/c16-12-3-1-2-4-14(12)20-9-15(19)17-7-10-5-6-13(18)11(10)8-17/h1-4,10-11,13,18H,5-9H2. The second kappa shape index (κ2) is 5.62. The Morgan fingerprint density at radius 2 is 2.15 bits per heavy atom. The number of benzene rings is 1. The van der Waals surface area contributed by atoms with E-state index in [-0.39, 0.29) is 24.5 Å². The van der Waals surface area contributed by atoms with E-state index < -0.39 is 0 Å². The molecule has 1 aliphatic heterocycles. The van der Waals surface area contributed by atoms with Crippen LogP contribution in [0.1, 0.15) is 12.8 Å². The van der Waals surface area contributed by atoms with Crippen molar-refractivity contribution in [3.8, 4) is 5.75 Å². The zero-order chi connectivity index (χ0) is 14.1. The van der Waals surface area contributed by atoms with Crippen molar-refractivity contribution >= 4 is 17.5 Å². The summed E-state index contributed by atoms with van der Waals surface area (Å²) >= 11 is 5.98. The summed E-state index contributed by atoms with van der Waals surface area (Å²) in [6, 6.07) is 7.12. The van der Waals surface area contributed by atoms with Crippen molar-refractivity contribution in [2.45, 2.75) is 18.9 Å². The topological polar surface area (TPSA) is 49.8 Å². The Balaban J connectivity index is 1.55. The van der Waals surface area contributed by atoms with Crippen LogP contribution in [0.15, 0.2) is 24.3 Å². The predicted molar refractivity (Wildman–Crippen MR) is 75.7 cm³/mol. The molecule has 3 atom stereocenters. The van der Waals surface area contributed by atoms with Crippen LogP contribution in [0.5, 0.6) is 5.75 Å². The number of carbonyl (C=O) groups is 1. The van der Waals surface area contributed by atoms with Crippen molar-refractivity contribution in [2.75, 3.05) is 19.7 Å². The lowest BCUT2D eigenvalue weighted by Crippen LogP contribution is -2.34. The van der Waals surface area contributed by atoms with Gasteiger partial charge in [0.1, 0.15) is 5.75 Å². The van der Waals surface area contributed by atoms with Gasteiger partial charge in [-0.2, -0.15) is 0 Å². The highest BCUT2D eigenvalue weighted by Crippen LogP contribution is 2.38. The third-order valence-electron chi connectivity index (χ3n) is 4.36. The first-order chi connectivity index (χ1) is 9.65. The van der Waals surface area contributed by atoms with Crippen LogP contribution in [0.4, 0.5) is 0 Å². The van der Waals surface area contributed by atoms with Crippen molar-refractivity contribution in [2.24, 2.45) is 11.8 Å². The highest BCUT2D eigenvalue weighted by atomic mass is 35.5. The lowest BCUT2D eigenvalue weighted by molar-refractivity contribution is -0.132. The van der Waals surface area contributed by atoms with Gasteiger partial charge >= 0.3 is 0 Å². The quantitative estimate of drug-likeness (QED) is 0.927. The van der Waals surface area contributed by atoms with E-state index in [0.29, 0.717) is 23.2 Å². The van der Waals surface area contributed by atoms with Crippen LogP contribution in [0, 0.1) is 11.8 Å². The molecule has 0 aromatic heterocycles. The van der Waals surface area contributed by atoms with Crippen molar-refractivity contribution < 1.29 is 14.6 Å². The molecule has 3 unspecified atom stereocenters. The number of aliphatic hydroxyl groups is 1. The number of halogens is 1. The molecule has 0 bridgehead atoms. The molecular weight excluding hydrogens is 278 g/mol. The minimum absolute atomic E-state index is 0.000726. The van der Waals surface area contributed by atoms with E-state index in [2.05, 4.69) is 0 Å². The molecule has 1 saturated heterocycles. The van der Waals surface area contributed by atoms with Crippen LogP contribution >= 0.6 is 11.6 Å². The summed E-state index contributed by atoms with van der Waals surface area (Å²) in [5.74, 6) is 1.20. The summed E-state index contributed by atoms with van der Waals surface area (Å²) in [7, 11) is 0. The SMILES string of the molecule is O=C(COc1ccccc1Cl)N1CC2CCC(O)C2C1. The molecule has 1 N–H and O–H groups in total. The van der Waals surface area contributed by atoms with Gasteiger partial charge in [-0.15, -0.1) is 0 Å². The molecule has 1 saturated carbocycles. The maximum absolute atomic E-state index is 12.1. The Morgan fingerprint density at radius 3 is 2.90 bits per heavy atom.